The van der Waals surface area contributed by atoms with Gasteiger partial charge < -0.3 is 14.3 Å². The molecule has 1 aromatic carbocycles. The number of hydrogen-bond acceptors (Lipinski definition) is 4. The summed E-state index contributed by atoms with van der Waals surface area (Å²) in [6.45, 7) is 6.57. The van der Waals surface area contributed by atoms with E-state index in [0.717, 1.165) is 19.3 Å². The predicted octanol–water partition coefficient (Wildman–Crippen LogP) is 7.04. The van der Waals surface area contributed by atoms with Crippen LogP contribution in [0, 0.1) is 0 Å². The highest BCUT2D eigenvalue weighted by atomic mass is 35.5. The van der Waals surface area contributed by atoms with E-state index >= 15 is 0 Å². The lowest BCUT2D eigenvalue weighted by molar-refractivity contribution is 0.00156. The number of halogens is 4. The Morgan fingerprint density at radius 1 is 1.08 bits per heavy atom. The van der Waals surface area contributed by atoms with Crippen LogP contribution in [-0.2, 0) is 4.84 Å². The largest absolute Gasteiger partial charge is 0.490 e. The van der Waals surface area contributed by atoms with E-state index in [9.17, 15) is 0 Å². The maximum absolute atomic E-state index is 6.21. The second-order valence-electron chi connectivity index (χ2n) is 6.36. The lowest BCUT2D eigenvalue weighted by atomic mass is 10.2. The first kappa shape index (κ1) is 23.2. The van der Waals surface area contributed by atoms with Crippen molar-refractivity contribution in [2.45, 2.75) is 45.6 Å². The number of hydrogen-bond donors (Lipinski definition) is 0. The van der Waals surface area contributed by atoms with E-state index in [1.165, 1.54) is 6.08 Å². The van der Waals surface area contributed by atoms with E-state index in [1.54, 1.807) is 18.3 Å². The first-order valence-electron chi connectivity index (χ1n) is 8.15. The summed E-state index contributed by atoms with van der Waals surface area (Å²) in [5.74, 6) is 0.949. The van der Waals surface area contributed by atoms with Crippen LogP contribution in [0.3, 0.4) is 0 Å². The lowest BCUT2D eigenvalue weighted by Gasteiger charge is -2.14. The molecule has 0 spiro atoms. The van der Waals surface area contributed by atoms with Crippen LogP contribution < -0.4 is 9.47 Å². The summed E-state index contributed by atoms with van der Waals surface area (Å²) in [5, 5.41) is 4.70. The molecular formula is C18H23Cl4NO3. The highest BCUT2D eigenvalue weighted by Crippen LogP contribution is 2.37. The summed E-state index contributed by atoms with van der Waals surface area (Å²) in [5.41, 5.74) is -0.268. The second-order valence-corrected chi connectivity index (χ2v) is 8.18. The van der Waals surface area contributed by atoms with Crippen LogP contribution in [-0.4, -0.2) is 25.0 Å². The van der Waals surface area contributed by atoms with Crippen molar-refractivity contribution in [1.29, 1.82) is 0 Å². The van der Waals surface area contributed by atoms with Gasteiger partial charge in [0.2, 0.25) is 0 Å². The van der Waals surface area contributed by atoms with Crippen LogP contribution >= 0.6 is 46.4 Å². The molecule has 0 radical (unpaired) electrons. The fourth-order valence-corrected chi connectivity index (χ4v) is 2.42. The van der Waals surface area contributed by atoms with Crippen molar-refractivity contribution >= 4 is 52.6 Å². The minimum atomic E-state index is -0.268. The van der Waals surface area contributed by atoms with Gasteiger partial charge >= 0.3 is 0 Å². The topological polar surface area (TPSA) is 40.0 Å². The first-order valence-corrected chi connectivity index (χ1v) is 9.66. The quantitative estimate of drug-likeness (QED) is 0.221. The van der Waals surface area contributed by atoms with Gasteiger partial charge in [0.15, 0.2) is 5.75 Å². The van der Waals surface area contributed by atoms with Gasteiger partial charge in [0.25, 0.3) is 0 Å². The zero-order valence-electron chi connectivity index (χ0n) is 15.0. The lowest BCUT2D eigenvalue weighted by Crippen LogP contribution is -2.15. The molecule has 1 aromatic rings. The van der Waals surface area contributed by atoms with Gasteiger partial charge in [0, 0.05) is 18.3 Å². The molecule has 146 valence electrons. The molecule has 0 heterocycles. The van der Waals surface area contributed by atoms with E-state index in [4.69, 9.17) is 60.7 Å². The minimum Gasteiger partial charge on any atom is -0.490 e. The summed E-state index contributed by atoms with van der Waals surface area (Å²) in [7, 11) is 0. The Morgan fingerprint density at radius 3 is 2.31 bits per heavy atom. The Bertz CT molecular complexity index is 600. The van der Waals surface area contributed by atoms with Gasteiger partial charge in [-0.15, -0.1) is 0 Å². The zero-order chi connectivity index (χ0) is 19.6. The number of ether oxygens (including phenoxy) is 2. The van der Waals surface area contributed by atoms with Gasteiger partial charge in [-0.3, -0.25) is 0 Å². The van der Waals surface area contributed by atoms with Gasteiger partial charge in [-0.2, -0.15) is 0 Å². The maximum atomic E-state index is 6.21. The molecule has 0 fully saturated rings. The number of unbranched alkanes of at least 4 members (excludes halogenated alkanes) is 2. The van der Waals surface area contributed by atoms with Crippen molar-refractivity contribution in [2.75, 3.05) is 13.2 Å². The van der Waals surface area contributed by atoms with E-state index in [0.29, 0.717) is 28.2 Å². The van der Waals surface area contributed by atoms with Crippen LogP contribution in [0.4, 0.5) is 0 Å². The number of oxime groups is 1. The Morgan fingerprint density at radius 2 is 1.73 bits per heavy atom. The van der Waals surface area contributed by atoms with Gasteiger partial charge in [-0.25, -0.2) is 0 Å². The first-order chi connectivity index (χ1) is 12.2. The fraction of sp³-hybridized carbons (Fsp3) is 0.500. The van der Waals surface area contributed by atoms with Crippen LogP contribution in [0.2, 0.25) is 10.0 Å². The molecule has 0 N–H and O–H groups in total. The summed E-state index contributed by atoms with van der Waals surface area (Å²) in [6, 6.07) is 3.27. The molecule has 0 aliphatic heterocycles. The minimum absolute atomic E-state index is 0.136. The molecule has 0 saturated heterocycles. The summed E-state index contributed by atoms with van der Waals surface area (Å²) in [4.78, 5) is 5.26. The number of nitrogens with zero attached hydrogens (tertiary/aromatic N) is 1. The van der Waals surface area contributed by atoms with E-state index in [2.05, 4.69) is 5.16 Å². The Kier molecular flexibility index (Phi) is 10.6. The zero-order valence-corrected chi connectivity index (χ0v) is 18.1. The molecule has 0 bridgehead atoms. The smallest absolute Gasteiger partial charge is 0.156 e. The van der Waals surface area contributed by atoms with Gasteiger partial charge in [0.05, 0.1) is 16.7 Å². The van der Waals surface area contributed by atoms with Gasteiger partial charge in [-0.05, 0) is 46.1 Å². The van der Waals surface area contributed by atoms with Crippen LogP contribution in [0.15, 0.2) is 27.9 Å². The van der Waals surface area contributed by atoms with Gasteiger partial charge in [0.1, 0.15) is 22.4 Å². The molecule has 0 aliphatic rings. The van der Waals surface area contributed by atoms with E-state index in [1.807, 2.05) is 20.8 Å². The highest BCUT2D eigenvalue weighted by molar-refractivity contribution is 6.55. The second kappa shape index (κ2) is 11.8. The maximum Gasteiger partial charge on any atom is 0.156 e. The molecule has 0 aromatic heterocycles. The van der Waals surface area contributed by atoms with Crippen LogP contribution in [0.5, 0.6) is 11.5 Å². The number of benzene rings is 1. The Labute approximate surface area is 175 Å². The van der Waals surface area contributed by atoms with Crippen LogP contribution in [0.1, 0.15) is 40.0 Å². The fourth-order valence-electron chi connectivity index (χ4n) is 1.72. The number of rotatable bonds is 10. The third-order valence-corrected chi connectivity index (χ3v) is 3.70. The molecule has 0 amide bonds. The molecular weight excluding hydrogens is 420 g/mol. The molecule has 0 unspecified atom stereocenters. The molecule has 4 nitrogen and oxygen atoms in total. The van der Waals surface area contributed by atoms with Crippen LogP contribution in [0.25, 0.3) is 0 Å². The highest BCUT2D eigenvalue weighted by Gasteiger charge is 2.11. The van der Waals surface area contributed by atoms with Crippen molar-refractivity contribution in [3.05, 3.63) is 32.7 Å². The average Bonchev–Trinajstić information content (AvgIpc) is 2.50. The SMILES string of the molecule is CC(C)(C)O/N=C/CCCCOc1c(Cl)cc(OCC=C(Cl)Cl)cc1Cl. The summed E-state index contributed by atoms with van der Waals surface area (Å²) < 4.78 is 11.3. The third-order valence-electron chi connectivity index (χ3n) is 2.83. The van der Waals surface area contributed by atoms with E-state index < -0.39 is 0 Å². The van der Waals surface area contributed by atoms with Gasteiger partial charge in [-0.1, -0.05) is 51.6 Å². The van der Waals surface area contributed by atoms with Crippen molar-refractivity contribution in [3.8, 4) is 11.5 Å². The molecule has 26 heavy (non-hydrogen) atoms. The molecule has 0 saturated carbocycles. The van der Waals surface area contributed by atoms with Crippen molar-refractivity contribution in [3.63, 3.8) is 0 Å². The molecule has 0 aliphatic carbocycles. The normalized spacial score (nSPS) is 11.5. The summed E-state index contributed by atoms with van der Waals surface area (Å²) >= 11 is 23.5. The molecule has 1 rings (SSSR count). The standard InChI is InChI=1S/C18H23Cl4NO3/c1-18(2,3)26-23-8-5-4-6-9-25-17-14(19)11-13(12-15(17)20)24-10-7-16(21)22/h7-8,11-12H,4-6,9-10H2,1-3H3/b23-8+. The average molecular weight is 443 g/mol. The van der Waals surface area contributed by atoms with E-state index in [-0.39, 0.29) is 16.7 Å². The summed E-state index contributed by atoms with van der Waals surface area (Å²) in [6.07, 6.45) is 5.85. The monoisotopic (exact) mass is 441 g/mol. The Balaban J connectivity index is 2.37. The molecule has 0 atom stereocenters. The van der Waals surface area contributed by atoms with Crippen molar-refractivity contribution < 1.29 is 14.3 Å². The molecule has 8 heteroatoms. The van der Waals surface area contributed by atoms with Crippen molar-refractivity contribution in [2.24, 2.45) is 5.16 Å². The Hall–Kier alpha value is -0.810. The predicted molar refractivity (Wildman–Crippen MR) is 110 cm³/mol. The third kappa shape index (κ3) is 10.4. The van der Waals surface area contributed by atoms with Crippen molar-refractivity contribution in [1.82, 2.24) is 0 Å².